The van der Waals surface area contributed by atoms with Crippen LogP contribution < -0.4 is 0 Å². The third-order valence-electron chi connectivity index (χ3n) is 5.28. The first-order valence-corrected chi connectivity index (χ1v) is 8.06. The van der Waals surface area contributed by atoms with Gasteiger partial charge in [0.05, 0.1) is 0 Å². The van der Waals surface area contributed by atoms with E-state index in [0.717, 1.165) is 25.2 Å². The van der Waals surface area contributed by atoms with Crippen molar-refractivity contribution in [3.63, 3.8) is 0 Å². The van der Waals surface area contributed by atoms with E-state index >= 15 is 0 Å². The van der Waals surface area contributed by atoms with Crippen molar-refractivity contribution in [2.24, 2.45) is 11.8 Å². The van der Waals surface area contributed by atoms with E-state index < -0.39 is 5.97 Å². The maximum absolute atomic E-state index is 11.6. The summed E-state index contributed by atoms with van der Waals surface area (Å²) in [5.41, 5.74) is 0. The number of carboxylic acids is 1. The van der Waals surface area contributed by atoms with Crippen LogP contribution in [0.5, 0.6) is 0 Å². The van der Waals surface area contributed by atoms with E-state index in [1.807, 2.05) is 0 Å². The van der Waals surface area contributed by atoms with Crippen molar-refractivity contribution in [1.29, 1.82) is 0 Å². The summed E-state index contributed by atoms with van der Waals surface area (Å²) in [4.78, 5) is 14.0. The van der Waals surface area contributed by atoms with Gasteiger partial charge in [-0.15, -0.1) is 0 Å². The van der Waals surface area contributed by atoms with Gasteiger partial charge < -0.3 is 5.11 Å². The Morgan fingerprint density at radius 1 is 1.21 bits per heavy atom. The third-order valence-corrected chi connectivity index (χ3v) is 5.28. The van der Waals surface area contributed by atoms with Gasteiger partial charge in [-0.1, -0.05) is 33.6 Å². The molecule has 2 aliphatic rings. The number of carboxylic acid groups (broad SMARTS) is 1. The van der Waals surface area contributed by atoms with Crippen LogP contribution in [0.4, 0.5) is 0 Å². The summed E-state index contributed by atoms with van der Waals surface area (Å²) in [6.07, 6.45) is 8.15. The Bertz CT molecular complexity index is 316. The normalized spacial score (nSPS) is 34.0. The molecule has 1 heterocycles. The summed E-state index contributed by atoms with van der Waals surface area (Å²) in [5.74, 6) is 0.674. The maximum atomic E-state index is 11.6. The highest BCUT2D eigenvalue weighted by Gasteiger charge is 2.44. The minimum absolute atomic E-state index is 0.244. The molecular weight excluding hydrogens is 238 g/mol. The molecule has 1 saturated heterocycles. The Kier molecular flexibility index (Phi) is 4.88. The van der Waals surface area contributed by atoms with Crippen molar-refractivity contribution < 1.29 is 9.90 Å². The predicted molar refractivity (Wildman–Crippen MR) is 77.2 cm³/mol. The van der Waals surface area contributed by atoms with Gasteiger partial charge in [0.25, 0.3) is 0 Å². The van der Waals surface area contributed by atoms with Gasteiger partial charge in [0.1, 0.15) is 6.04 Å². The average molecular weight is 267 g/mol. The van der Waals surface area contributed by atoms with Gasteiger partial charge in [0, 0.05) is 12.1 Å². The van der Waals surface area contributed by atoms with Crippen molar-refractivity contribution in [2.75, 3.05) is 0 Å². The average Bonchev–Trinajstić information content (AvgIpc) is 2.39. The summed E-state index contributed by atoms with van der Waals surface area (Å²) in [6, 6.07) is 0.703. The molecular formula is C16H29NO2. The second kappa shape index (κ2) is 6.25. The van der Waals surface area contributed by atoms with Crippen molar-refractivity contribution in [3.8, 4) is 0 Å². The number of aliphatic carboxylic acids is 1. The molecule has 1 N–H and O–H groups in total. The molecule has 2 fully saturated rings. The minimum Gasteiger partial charge on any atom is -0.480 e. The van der Waals surface area contributed by atoms with Crippen molar-refractivity contribution in [3.05, 3.63) is 0 Å². The predicted octanol–water partition coefficient (Wildman–Crippen LogP) is 3.53. The number of hydrogen-bond donors (Lipinski definition) is 1. The van der Waals surface area contributed by atoms with E-state index in [9.17, 15) is 9.90 Å². The zero-order chi connectivity index (χ0) is 14.0. The highest BCUT2D eigenvalue weighted by atomic mass is 16.4. The Morgan fingerprint density at radius 3 is 2.47 bits per heavy atom. The van der Waals surface area contributed by atoms with Crippen LogP contribution in [0.3, 0.4) is 0 Å². The Balaban J connectivity index is 2.25. The lowest BCUT2D eigenvalue weighted by Gasteiger charge is -2.51. The summed E-state index contributed by atoms with van der Waals surface area (Å²) >= 11 is 0. The van der Waals surface area contributed by atoms with E-state index in [-0.39, 0.29) is 6.04 Å². The molecule has 3 heteroatoms. The zero-order valence-electron chi connectivity index (χ0n) is 12.6. The van der Waals surface area contributed by atoms with E-state index in [0.29, 0.717) is 18.0 Å². The van der Waals surface area contributed by atoms with Gasteiger partial charge >= 0.3 is 5.97 Å². The van der Waals surface area contributed by atoms with Crippen LogP contribution in [0.15, 0.2) is 0 Å². The fourth-order valence-corrected chi connectivity index (χ4v) is 4.42. The van der Waals surface area contributed by atoms with Crippen LogP contribution in [0.2, 0.25) is 0 Å². The molecule has 0 radical (unpaired) electrons. The van der Waals surface area contributed by atoms with Crippen LogP contribution >= 0.6 is 0 Å². The standard InChI is InChI=1S/C16H29NO2/c1-4-13(11(2)3)17-14-8-6-5-7-12(14)9-10-15(17)16(18)19/h11-15H,4-10H2,1-3H3,(H,18,19). The van der Waals surface area contributed by atoms with Gasteiger partial charge in [0.2, 0.25) is 0 Å². The quantitative estimate of drug-likeness (QED) is 0.847. The Labute approximate surface area is 117 Å². The molecule has 0 aromatic carbocycles. The van der Waals surface area contributed by atoms with E-state index in [1.165, 1.54) is 25.7 Å². The molecule has 4 atom stereocenters. The first kappa shape index (κ1) is 14.8. The van der Waals surface area contributed by atoms with Crippen LogP contribution in [0, 0.1) is 11.8 Å². The van der Waals surface area contributed by atoms with Crippen LogP contribution in [-0.2, 0) is 4.79 Å². The molecule has 1 saturated carbocycles. The number of fused-ring (bicyclic) bond motifs is 1. The second-order valence-corrected chi connectivity index (χ2v) is 6.71. The van der Waals surface area contributed by atoms with Gasteiger partial charge in [0.15, 0.2) is 0 Å². The third kappa shape index (κ3) is 2.96. The molecule has 1 aliphatic heterocycles. The van der Waals surface area contributed by atoms with Crippen molar-refractivity contribution >= 4 is 5.97 Å². The van der Waals surface area contributed by atoms with Gasteiger partial charge in [-0.05, 0) is 43.9 Å². The van der Waals surface area contributed by atoms with E-state index in [1.54, 1.807) is 0 Å². The number of likely N-dealkylation sites (tertiary alicyclic amines) is 1. The summed E-state index contributed by atoms with van der Waals surface area (Å²) in [5, 5.41) is 9.58. The number of carbonyl (C=O) groups is 1. The Morgan fingerprint density at radius 2 is 1.89 bits per heavy atom. The maximum Gasteiger partial charge on any atom is 0.320 e. The lowest BCUT2D eigenvalue weighted by atomic mass is 9.74. The number of hydrogen-bond acceptors (Lipinski definition) is 2. The molecule has 19 heavy (non-hydrogen) atoms. The summed E-state index contributed by atoms with van der Waals surface area (Å²) in [7, 11) is 0. The highest BCUT2D eigenvalue weighted by Crippen LogP contribution is 2.40. The molecule has 0 aromatic rings. The van der Waals surface area contributed by atoms with Crippen molar-refractivity contribution in [1.82, 2.24) is 4.90 Å². The van der Waals surface area contributed by atoms with Gasteiger partial charge in [-0.2, -0.15) is 0 Å². The van der Waals surface area contributed by atoms with Crippen LogP contribution in [-0.4, -0.2) is 34.1 Å². The molecule has 0 bridgehead atoms. The zero-order valence-corrected chi connectivity index (χ0v) is 12.6. The lowest BCUT2D eigenvalue weighted by molar-refractivity contribution is -0.151. The molecule has 0 amide bonds. The fraction of sp³-hybridized carbons (Fsp3) is 0.938. The van der Waals surface area contributed by atoms with E-state index in [2.05, 4.69) is 25.7 Å². The van der Waals surface area contributed by atoms with Crippen molar-refractivity contribution in [2.45, 2.75) is 83.8 Å². The smallest absolute Gasteiger partial charge is 0.320 e. The largest absolute Gasteiger partial charge is 0.480 e. The molecule has 2 rings (SSSR count). The van der Waals surface area contributed by atoms with Gasteiger partial charge in [-0.3, -0.25) is 9.69 Å². The number of piperidine rings is 1. The number of rotatable bonds is 4. The van der Waals surface area contributed by atoms with E-state index in [4.69, 9.17) is 0 Å². The summed E-state index contributed by atoms with van der Waals surface area (Å²) < 4.78 is 0. The topological polar surface area (TPSA) is 40.5 Å². The SMILES string of the molecule is CCC(C(C)C)N1C(C(=O)O)CCC2CCCCC21. The summed E-state index contributed by atoms with van der Waals surface area (Å²) in [6.45, 7) is 6.68. The molecule has 110 valence electrons. The first-order chi connectivity index (χ1) is 9.06. The molecule has 0 aromatic heterocycles. The van der Waals surface area contributed by atoms with Crippen LogP contribution in [0.1, 0.15) is 65.7 Å². The molecule has 0 spiro atoms. The lowest BCUT2D eigenvalue weighted by Crippen LogP contribution is -2.59. The number of nitrogens with zero attached hydrogens (tertiary/aromatic N) is 1. The van der Waals surface area contributed by atoms with Gasteiger partial charge in [-0.25, -0.2) is 0 Å². The second-order valence-electron chi connectivity index (χ2n) is 6.71. The van der Waals surface area contributed by atoms with Crippen LogP contribution in [0.25, 0.3) is 0 Å². The monoisotopic (exact) mass is 267 g/mol. The fourth-order valence-electron chi connectivity index (χ4n) is 4.42. The minimum atomic E-state index is -0.608. The highest BCUT2D eigenvalue weighted by molar-refractivity contribution is 5.73. The first-order valence-electron chi connectivity index (χ1n) is 8.06. The Hall–Kier alpha value is -0.570. The molecule has 3 nitrogen and oxygen atoms in total. The molecule has 1 aliphatic carbocycles. The molecule has 4 unspecified atom stereocenters.